The minimum Gasteiger partial charge on any atom is -0.300 e. The van der Waals surface area contributed by atoms with E-state index in [9.17, 15) is 4.79 Å². The van der Waals surface area contributed by atoms with Crippen molar-refractivity contribution in [2.75, 3.05) is 0 Å². The molecule has 0 N–H and O–H groups in total. The third-order valence-corrected chi connectivity index (χ3v) is 2.62. The second kappa shape index (κ2) is 5.16. The van der Waals surface area contributed by atoms with Gasteiger partial charge >= 0.3 is 0 Å². The van der Waals surface area contributed by atoms with Gasteiger partial charge in [-0.25, -0.2) is 0 Å². The van der Waals surface area contributed by atoms with E-state index in [1.165, 1.54) is 5.56 Å². The standard InChI is InChI=1S/C12H15ClO/c1-3-11-7-6-10(8-12(11)13)5-4-9(2)14/h6-8H,3-5H2,1-2H3. The summed E-state index contributed by atoms with van der Waals surface area (Å²) in [6.07, 6.45) is 2.34. The average Bonchev–Trinajstić information content (AvgIpc) is 2.15. The van der Waals surface area contributed by atoms with Crippen LogP contribution in [-0.2, 0) is 17.6 Å². The van der Waals surface area contributed by atoms with E-state index in [-0.39, 0.29) is 5.78 Å². The van der Waals surface area contributed by atoms with Crippen molar-refractivity contribution in [1.29, 1.82) is 0 Å². The van der Waals surface area contributed by atoms with Crippen molar-refractivity contribution in [2.45, 2.75) is 33.1 Å². The van der Waals surface area contributed by atoms with Gasteiger partial charge < -0.3 is 4.79 Å². The van der Waals surface area contributed by atoms with Crippen molar-refractivity contribution < 1.29 is 4.79 Å². The molecule has 14 heavy (non-hydrogen) atoms. The Bertz CT molecular complexity index is 331. The molecule has 0 aliphatic rings. The SMILES string of the molecule is CCc1ccc(CCC(C)=O)cc1Cl. The molecular formula is C12H15ClO. The average molecular weight is 211 g/mol. The molecule has 0 aliphatic heterocycles. The number of halogens is 1. The minimum absolute atomic E-state index is 0.223. The summed E-state index contributed by atoms with van der Waals surface area (Å²) >= 11 is 6.06. The van der Waals surface area contributed by atoms with Gasteiger partial charge in [0.2, 0.25) is 0 Å². The zero-order valence-electron chi connectivity index (χ0n) is 8.64. The first-order chi connectivity index (χ1) is 6.63. The molecule has 0 spiro atoms. The molecule has 1 aromatic carbocycles. The molecule has 0 fully saturated rings. The fourth-order valence-corrected chi connectivity index (χ4v) is 1.69. The van der Waals surface area contributed by atoms with Crippen LogP contribution in [0.5, 0.6) is 0 Å². The van der Waals surface area contributed by atoms with E-state index in [2.05, 4.69) is 6.92 Å². The van der Waals surface area contributed by atoms with Crippen LogP contribution >= 0.6 is 11.6 Å². The summed E-state index contributed by atoms with van der Waals surface area (Å²) < 4.78 is 0. The maximum atomic E-state index is 10.8. The minimum atomic E-state index is 0.223. The topological polar surface area (TPSA) is 17.1 Å². The summed E-state index contributed by atoms with van der Waals surface area (Å²) in [6.45, 7) is 3.69. The molecular weight excluding hydrogens is 196 g/mol. The van der Waals surface area contributed by atoms with Gasteiger partial charge in [0.05, 0.1) is 0 Å². The number of carbonyl (C=O) groups is 1. The van der Waals surface area contributed by atoms with Gasteiger partial charge in [-0.05, 0) is 37.0 Å². The summed E-state index contributed by atoms with van der Waals surface area (Å²) in [7, 11) is 0. The van der Waals surface area contributed by atoms with Crippen LogP contribution in [0.25, 0.3) is 0 Å². The quantitative estimate of drug-likeness (QED) is 0.744. The molecule has 0 aliphatic carbocycles. The zero-order chi connectivity index (χ0) is 10.6. The van der Waals surface area contributed by atoms with Crippen molar-refractivity contribution in [3.63, 3.8) is 0 Å². The number of ketones is 1. The summed E-state index contributed by atoms with van der Waals surface area (Å²) in [4.78, 5) is 10.8. The smallest absolute Gasteiger partial charge is 0.130 e. The molecule has 2 heteroatoms. The predicted octanol–water partition coefficient (Wildman–Crippen LogP) is 3.42. The lowest BCUT2D eigenvalue weighted by Crippen LogP contribution is -1.94. The van der Waals surface area contributed by atoms with E-state index < -0.39 is 0 Å². The number of carbonyl (C=O) groups excluding carboxylic acids is 1. The van der Waals surface area contributed by atoms with Gasteiger partial charge in [0, 0.05) is 11.4 Å². The van der Waals surface area contributed by atoms with E-state index in [4.69, 9.17) is 11.6 Å². The molecule has 0 atom stereocenters. The lowest BCUT2D eigenvalue weighted by molar-refractivity contribution is -0.116. The molecule has 0 unspecified atom stereocenters. The zero-order valence-corrected chi connectivity index (χ0v) is 9.40. The molecule has 0 heterocycles. The number of benzene rings is 1. The lowest BCUT2D eigenvalue weighted by atomic mass is 10.0. The Kier molecular flexibility index (Phi) is 4.15. The fourth-order valence-electron chi connectivity index (χ4n) is 1.35. The monoisotopic (exact) mass is 210 g/mol. The Labute approximate surface area is 90.1 Å². The highest BCUT2D eigenvalue weighted by Gasteiger charge is 2.01. The first kappa shape index (κ1) is 11.3. The number of Topliss-reactive ketones (excluding diaryl/α,β-unsaturated/α-hetero) is 1. The number of rotatable bonds is 4. The van der Waals surface area contributed by atoms with Crippen LogP contribution in [0, 0.1) is 0 Å². The Hall–Kier alpha value is -0.820. The molecule has 0 amide bonds. The molecule has 1 rings (SSSR count). The molecule has 0 aromatic heterocycles. The fraction of sp³-hybridized carbons (Fsp3) is 0.417. The highest BCUT2D eigenvalue weighted by atomic mass is 35.5. The number of hydrogen-bond acceptors (Lipinski definition) is 1. The summed E-state index contributed by atoms with van der Waals surface area (Å²) in [5, 5.41) is 0.813. The first-order valence-electron chi connectivity index (χ1n) is 4.90. The number of hydrogen-bond donors (Lipinski definition) is 0. The van der Waals surface area contributed by atoms with E-state index in [0.29, 0.717) is 6.42 Å². The van der Waals surface area contributed by atoms with Gasteiger partial charge in [-0.15, -0.1) is 0 Å². The first-order valence-corrected chi connectivity index (χ1v) is 5.28. The molecule has 0 radical (unpaired) electrons. The van der Waals surface area contributed by atoms with Crippen molar-refractivity contribution in [3.05, 3.63) is 34.3 Å². The van der Waals surface area contributed by atoms with Crippen molar-refractivity contribution >= 4 is 17.4 Å². The van der Waals surface area contributed by atoms with Crippen LogP contribution in [-0.4, -0.2) is 5.78 Å². The molecule has 76 valence electrons. The lowest BCUT2D eigenvalue weighted by Gasteiger charge is -2.04. The van der Waals surface area contributed by atoms with Crippen LogP contribution in [0.15, 0.2) is 18.2 Å². The van der Waals surface area contributed by atoms with Crippen LogP contribution < -0.4 is 0 Å². The van der Waals surface area contributed by atoms with E-state index in [1.807, 2.05) is 18.2 Å². The van der Waals surface area contributed by atoms with E-state index >= 15 is 0 Å². The summed E-state index contributed by atoms with van der Waals surface area (Å²) in [6, 6.07) is 6.05. The Morgan fingerprint density at radius 3 is 2.64 bits per heavy atom. The van der Waals surface area contributed by atoms with Crippen LogP contribution in [0.2, 0.25) is 5.02 Å². The third kappa shape index (κ3) is 3.15. The van der Waals surface area contributed by atoms with Gasteiger partial charge in [0.25, 0.3) is 0 Å². The highest BCUT2D eigenvalue weighted by Crippen LogP contribution is 2.19. The molecule has 1 nitrogen and oxygen atoms in total. The third-order valence-electron chi connectivity index (χ3n) is 2.26. The van der Waals surface area contributed by atoms with Crippen molar-refractivity contribution in [3.8, 4) is 0 Å². The van der Waals surface area contributed by atoms with Gasteiger partial charge in [0.1, 0.15) is 5.78 Å². The van der Waals surface area contributed by atoms with Gasteiger partial charge in [-0.2, -0.15) is 0 Å². The maximum Gasteiger partial charge on any atom is 0.130 e. The van der Waals surface area contributed by atoms with E-state index in [0.717, 1.165) is 23.4 Å². The molecule has 1 aromatic rings. The predicted molar refractivity (Wildman–Crippen MR) is 59.8 cm³/mol. The van der Waals surface area contributed by atoms with Crippen molar-refractivity contribution in [1.82, 2.24) is 0 Å². The highest BCUT2D eigenvalue weighted by molar-refractivity contribution is 6.31. The Morgan fingerprint density at radius 2 is 2.14 bits per heavy atom. The summed E-state index contributed by atoms with van der Waals surface area (Å²) in [5.74, 6) is 0.223. The van der Waals surface area contributed by atoms with Crippen LogP contribution in [0.4, 0.5) is 0 Å². The largest absolute Gasteiger partial charge is 0.300 e. The van der Waals surface area contributed by atoms with Crippen LogP contribution in [0.1, 0.15) is 31.4 Å². The number of aryl methyl sites for hydroxylation is 2. The molecule has 0 saturated carbocycles. The van der Waals surface area contributed by atoms with Gasteiger partial charge in [-0.3, -0.25) is 0 Å². The van der Waals surface area contributed by atoms with Crippen molar-refractivity contribution in [2.24, 2.45) is 0 Å². The maximum absolute atomic E-state index is 10.8. The second-order valence-electron chi connectivity index (χ2n) is 3.48. The molecule has 0 bridgehead atoms. The van der Waals surface area contributed by atoms with E-state index in [1.54, 1.807) is 6.92 Å². The Morgan fingerprint density at radius 1 is 1.43 bits per heavy atom. The summed E-state index contributed by atoms with van der Waals surface area (Å²) in [5.41, 5.74) is 2.31. The van der Waals surface area contributed by atoms with Crippen LogP contribution in [0.3, 0.4) is 0 Å². The second-order valence-corrected chi connectivity index (χ2v) is 3.89. The Balaban J connectivity index is 2.71. The van der Waals surface area contributed by atoms with Gasteiger partial charge in [0.15, 0.2) is 0 Å². The normalized spacial score (nSPS) is 10.2. The van der Waals surface area contributed by atoms with Gasteiger partial charge in [-0.1, -0.05) is 30.7 Å². The molecule has 0 saturated heterocycles.